The van der Waals surface area contributed by atoms with Gasteiger partial charge in [0.15, 0.2) is 0 Å². The van der Waals surface area contributed by atoms with Crippen molar-refractivity contribution in [2.75, 3.05) is 19.8 Å². The lowest BCUT2D eigenvalue weighted by Gasteiger charge is -2.10. The Morgan fingerprint density at radius 2 is 1.09 bits per heavy atom. The van der Waals surface area contributed by atoms with Crippen molar-refractivity contribution in [1.29, 1.82) is 0 Å². The second kappa shape index (κ2) is 23.3. The van der Waals surface area contributed by atoms with E-state index >= 15 is 0 Å². The number of ether oxygens (including phenoxy) is 5. The highest BCUT2D eigenvalue weighted by Gasteiger charge is 2.09. The summed E-state index contributed by atoms with van der Waals surface area (Å²) >= 11 is 0. The van der Waals surface area contributed by atoms with E-state index in [1.165, 1.54) is 51.0 Å². The summed E-state index contributed by atoms with van der Waals surface area (Å²) in [6.07, 6.45) is 14.9. The first-order valence-corrected chi connectivity index (χ1v) is 17.2. The molecule has 0 aliphatic rings. The average Bonchev–Trinajstić information content (AvgIpc) is 3.10. The first-order valence-electron chi connectivity index (χ1n) is 17.2. The maximum Gasteiger partial charge on any atom is 0.343 e. The monoisotopic (exact) mass is 644 g/mol. The van der Waals surface area contributed by atoms with E-state index in [0.29, 0.717) is 36.9 Å². The van der Waals surface area contributed by atoms with Crippen LogP contribution in [0.1, 0.15) is 105 Å². The first-order chi connectivity index (χ1) is 23.1. The van der Waals surface area contributed by atoms with Gasteiger partial charge in [0.1, 0.15) is 23.9 Å². The Hall–Kier alpha value is -4.10. The normalized spacial score (nSPS) is 10.7. The lowest BCUT2D eigenvalue weighted by Crippen LogP contribution is -2.08. The molecule has 0 saturated carbocycles. The van der Waals surface area contributed by atoms with E-state index < -0.39 is 5.97 Å². The summed E-state index contributed by atoms with van der Waals surface area (Å²) in [6.45, 7) is 8.50. The van der Waals surface area contributed by atoms with Crippen molar-refractivity contribution in [2.45, 2.75) is 97.2 Å². The Kier molecular flexibility index (Phi) is 18.5. The van der Waals surface area contributed by atoms with Gasteiger partial charge in [-0.1, -0.05) is 95.6 Å². The molecule has 0 heterocycles. The second-order valence-electron chi connectivity index (χ2n) is 11.7. The van der Waals surface area contributed by atoms with Crippen LogP contribution >= 0.6 is 0 Å². The van der Waals surface area contributed by atoms with E-state index in [-0.39, 0.29) is 5.97 Å². The third-order valence-corrected chi connectivity index (χ3v) is 7.68. The molecule has 254 valence electrons. The number of esters is 2. The van der Waals surface area contributed by atoms with Crippen LogP contribution in [0.15, 0.2) is 85.5 Å². The summed E-state index contributed by atoms with van der Waals surface area (Å²) in [4.78, 5) is 23.6. The largest absolute Gasteiger partial charge is 0.494 e. The average molecular weight is 645 g/mol. The van der Waals surface area contributed by atoms with Crippen molar-refractivity contribution in [3.63, 3.8) is 0 Å². The van der Waals surface area contributed by atoms with Gasteiger partial charge in [-0.25, -0.2) is 9.59 Å². The Labute approximate surface area is 281 Å². The van der Waals surface area contributed by atoms with E-state index in [2.05, 4.69) is 13.5 Å². The van der Waals surface area contributed by atoms with Crippen molar-refractivity contribution in [2.24, 2.45) is 0 Å². The minimum absolute atomic E-state index is 0.345. The highest BCUT2D eigenvalue weighted by Crippen LogP contribution is 2.21. The predicted octanol–water partition coefficient (Wildman–Crippen LogP) is 9.81. The molecule has 7 heteroatoms. The number of hydrogen-bond acceptors (Lipinski definition) is 7. The quantitative estimate of drug-likeness (QED) is 0.0393. The van der Waals surface area contributed by atoms with E-state index in [4.69, 9.17) is 23.7 Å². The molecule has 0 aliphatic heterocycles. The van der Waals surface area contributed by atoms with Crippen molar-refractivity contribution in [3.8, 4) is 17.2 Å². The molecule has 3 rings (SSSR count). The highest BCUT2D eigenvalue weighted by atomic mass is 16.5. The Bertz CT molecular complexity index is 1280. The van der Waals surface area contributed by atoms with Crippen molar-refractivity contribution < 1.29 is 33.3 Å². The number of benzene rings is 3. The topological polar surface area (TPSA) is 80.3 Å². The first kappa shape index (κ1) is 37.4. The number of unbranched alkanes of at least 4 members (excludes halogenated alkanes) is 10. The fourth-order valence-corrected chi connectivity index (χ4v) is 4.86. The minimum Gasteiger partial charge on any atom is -0.494 e. The van der Waals surface area contributed by atoms with Crippen LogP contribution in [0, 0.1) is 0 Å². The summed E-state index contributed by atoms with van der Waals surface area (Å²) in [5.74, 6) is 1.28. The summed E-state index contributed by atoms with van der Waals surface area (Å²) in [5.41, 5.74) is 2.56. The summed E-state index contributed by atoms with van der Waals surface area (Å²) in [7, 11) is 0. The van der Waals surface area contributed by atoms with Crippen LogP contribution < -0.4 is 14.2 Å². The van der Waals surface area contributed by atoms with E-state index in [0.717, 1.165) is 62.2 Å². The third kappa shape index (κ3) is 16.3. The Morgan fingerprint density at radius 3 is 1.74 bits per heavy atom. The molecule has 0 unspecified atom stereocenters. The number of carbonyl (C=O) groups is 2. The molecule has 0 bridgehead atoms. The molecule has 0 spiro atoms. The molecule has 0 atom stereocenters. The van der Waals surface area contributed by atoms with Gasteiger partial charge in [0, 0.05) is 12.7 Å². The highest BCUT2D eigenvalue weighted by molar-refractivity contribution is 5.91. The van der Waals surface area contributed by atoms with Crippen molar-refractivity contribution in [1.82, 2.24) is 0 Å². The summed E-state index contributed by atoms with van der Waals surface area (Å²) in [5, 5.41) is 0. The molecule has 0 saturated heterocycles. The molecule has 0 aromatic heterocycles. The van der Waals surface area contributed by atoms with Crippen LogP contribution in [0.5, 0.6) is 17.2 Å². The standard InChI is InChI=1S/C40H52O7/c1-3-5-6-14-29-44-36-22-18-34(19-23-36)32-46-37-24-26-38(27-25-37)47-40(42)35-20-16-33(17-21-35)31-43-28-13-11-9-7-8-10-12-15-30-45-39(41)4-2/h4,16-27H,2-3,5-15,28-32H2,1H3. The molecular formula is C40H52O7. The zero-order valence-corrected chi connectivity index (χ0v) is 28.1. The van der Waals surface area contributed by atoms with Crippen LogP contribution in [-0.4, -0.2) is 31.8 Å². The molecule has 7 nitrogen and oxygen atoms in total. The van der Waals surface area contributed by atoms with Crippen LogP contribution in [-0.2, 0) is 27.5 Å². The minimum atomic E-state index is -0.407. The van der Waals surface area contributed by atoms with Gasteiger partial charge in [-0.15, -0.1) is 0 Å². The molecule has 3 aromatic rings. The molecule has 0 fully saturated rings. The smallest absolute Gasteiger partial charge is 0.343 e. The number of carbonyl (C=O) groups excluding carboxylic acids is 2. The third-order valence-electron chi connectivity index (χ3n) is 7.68. The van der Waals surface area contributed by atoms with Gasteiger partial charge in [-0.3, -0.25) is 0 Å². The zero-order valence-electron chi connectivity index (χ0n) is 28.1. The molecule has 0 amide bonds. The maximum absolute atomic E-state index is 12.7. The SMILES string of the molecule is C=CC(=O)OCCCCCCCCCCOCc1ccc(C(=O)Oc2ccc(OCc3ccc(OCCCCCC)cc3)cc2)cc1. The van der Waals surface area contributed by atoms with Crippen LogP contribution in [0.2, 0.25) is 0 Å². The fraction of sp³-hybridized carbons (Fsp3) is 0.450. The van der Waals surface area contributed by atoms with E-state index in [1.807, 2.05) is 36.4 Å². The molecule has 3 aromatic carbocycles. The zero-order chi connectivity index (χ0) is 33.4. The van der Waals surface area contributed by atoms with Gasteiger partial charge in [0.2, 0.25) is 0 Å². The fourth-order valence-electron chi connectivity index (χ4n) is 4.86. The molecule has 47 heavy (non-hydrogen) atoms. The lowest BCUT2D eigenvalue weighted by atomic mass is 10.1. The summed E-state index contributed by atoms with van der Waals surface area (Å²) < 4.78 is 28.1. The Morgan fingerprint density at radius 1 is 0.574 bits per heavy atom. The lowest BCUT2D eigenvalue weighted by molar-refractivity contribution is -0.137. The number of rotatable bonds is 25. The summed E-state index contributed by atoms with van der Waals surface area (Å²) in [6, 6.07) is 22.4. The van der Waals surface area contributed by atoms with Crippen LogP contribution in [0.25, 0.3) is 0 Å². The van der Waals surface area contributed by atoms with Gasteiger partial charge < -0.3 is 23.7 Å². The van der Waals surface area contributed by atoms with Gasteiger partial charge in [-0.05, 0) is 78.9 Å². The van der Waals surface area contributed by atoms with Gasteiger partial charge in [0.25, 0.3) is 0 Å². The molecule has 0 radical (unpaired) electrons. The van der Waals surface area contributed by atoms with Crippen molar-refractivity contribution in [3.05, 3.63) is 102 Å². The maximum atomic E-state index is 12.7. The van der Waals surface area contributed by atoms with Crippen LogP contribution in [0.4, 0.5) is 0 Å². The van der Waals surface area contributed by atoms with Gasteiger partial charge >= 0.3 is 11.9 Å². The van der Waals surface area contributed by atoms with Gasteiger partial charge in [-0.2, -0.15) is 0 Å². The predicted molar refractivity (Wildman–Crippen MR) is 186 cm³/mol. The van der Waals surface area contributed by atoms with Crippen LogP contribution in [0.3, 0.4) is 0 Å². The molecule has 0 N–H and O–H groups in total. The number of hydrogen-bond donors (Lipinski definition) is 0. The van der Waals surface area contributed by atoms with E-state index in [9.17, 15) is 9.59 Å². The second-order valence-corrected chi connectivity index (χ2v) is 11.7. The van der Waals surface area contributed by atoms with Gasteiger partial charge in [0.05, 0.1) is 25.4 Å². The van der Waals surface area contributed by atoms with Crippen molar-refractivity contribution >= 4 is 11.9 Å². The molecular weight excluding hydrogens is 592 g/mol. The Balaban J connectivity index is 1.24. The van der Waals surface area contributed by atoms with E-state index in [1.54, 1.807) is 36.4 Å². The molecule has 0 aliphatic carbocycles.